The van der Waals surface area contributed by atoms with E-state index in [0.29, 0.717) is 5.56 Å². The van der Waals surface area contributed by atoms with Gasteiger partial charge in [-0.05, 0) is 72.0 Å². The summed E-state index contributed by atoms with van der Waals surface area (Å²) in [7, 11) is 1.70. The van der Waals surface area contributed by atoms with Crippen LogP contribution in [0.15, 0.2) is 34.8 Å². The van der Waals surface area contributed by atoms with Gasteiger partial charge in [-0.1, -0.05) is 22.0 Å². The van der Waals surface area contributed by atoms with Crippen LogP contribution in [0, 0.1) is 22.1 Å². The summed E-state index contributed by atoms with van der Waals surface area (Å²) < 4.78 is 30.2. The Bertz CT molecular complexity index is 646. The van der Waals surface area contributed by atoms with Gasteiger partial charge in [-0.2, -0.15) is 0 Å². The van der Waals surface area contributed by atoms with E-state index in [-0.39, 0.29) is 5.56 Å². The Labute approximate surface area is 139 Å². The third-order valence-electron chi connectivity index (χ3n) is 3.17. The predicted octanol–water partition coefficient (Wildman–Crippen LogP) is 4.95. The van der Waals surface area contributed by atoms with Crippen molar-refractivity contribution in [1.82, 2.24) is 5.32 Å². The van der Waals surface area contributed by atoms with Gasteiger partial charge in [0.15, 0.2) is 0 Å². The minimum atomic E-state index is -0.539. The van der Waals surface area contributed by atoms with Crippen LogP contribution in [0.2, 0.25) is 0 Å². The lowest BCUT2D eigenvalue weighted by atomic mass is 9.96. The standard InChI is InChI=1S/C15H13BrF2IN/c1-8-3-5-11(17)13(14(8)18)15(20-2)10-7-9(16)4-6-12(10)19/h3-7,15,20H,1-2H3. The SMILES string of the molecule is CNC(c1cc(Br)ccc1I)c1c(F)ccc(C)c1F. The molecule has 2 aromatic carbocycles. The zero-order chi connectivity index (χ0) is 14.9. The average molecular weight is 452 g/mol. The topological polar surface area (TPSA) is 12.0 Å². The molecule has 0 spiro atoms. The van der Waals surface area contributed by atoms with Gasteiger partial charge in [-0.25, -0.2) is 8.78 Å². The van der Waals surface area contributed by atoms with Gasteiger partial charge >= 0.3 is 0 Å². The number of halogens is 4. The fraction of sp³-hybridized carbons (Fsp3) is 0.200. The number of rotatable bonds is 3. The lowest BCUT2D eigenvalue weighted by molar-refractivity contribution is 0.517. The van der Waals surface area contributed by atoms with E-state index in [1.807, 2.05) is 18.2 Å². The van der Waals surface area contributed by atoms with Crippen molar-refractivity contribution in [3.63, 3.8) is 0 Å². The Morgan fingerprint density at radius 2 is 1.90 bits per heavy atom. The molecule has 2 aromatic rings. The van der Waals surface area contributed by atoms with Gasteiger partial charge in [0.05, 0.1) is 6.04 Å². The van der Waals surface area contributed by atoms with Gasteiger partial charge in [0.2, 0.25) is 0 Å². The van der Waals surface area contributed by atoms with Crippen LogP contribution >= 0.6 is 38.5 Å². The molecular weight excluding hydrogens is 439 g/mol. The van der Waals surface area contributed by atoms with E-state index in [4.69, 9.17) is 0 Å². The maximum atomic E-state index is 14.3. The monoisotopic (exact) mass is 451 g/mol. The van der Waals surface area contributed by atoms with Crippen molar-refractivity contribution in [2.24, 2.45) is 0 Å². The summed E-state index contributed by atoms with van der Waals surface area (Å²) in [6.07, 6.45) is 0. The van der Waals surface area contributed by atoms with Crippen molar-refractivity contribution in [2.75, 3.05) is 7.05 Å². The fourth-order valence-corrected chi connectivity index (χ4v) is 3.16. The number of hydrogen-bond acceptors (Lipinski definition) is 1. The molecule has 106 valence electrons. The quantitative estimate of drug-likeness (QED) is 0.651. The van der Waals surface area contributed by atoms with Crippen molar-refractivity contribution in [3.05, 3.63) is 66.7 Å². The van der Waals surface area contributed by atoms with E-state index < -0.39 is 17.7 Å². The first-order valence-corrected chi connectivity index (χ1v) is 7.89. The van der Waals surface area contributed by atoms with Crippen molar-refractivity contribution < 1.29 is 8.78 Å². The van der Waals surface area contributed by atoms with Crippen LogP contribution in [0.3, 0.4) is 0 Å². The third-order valence-corrected chi connectivity index (χ3v) is 4.64. The second kappa shape index (κ2) is 6.49. The van der Waals surface area contributed by atoms with Crippen LogP contribution in [0.25, 0.3) is 0 Å². The molecule has 1 unspecified atom stereocenters. The number of nitrogens with one attached hydrogen (secondary N) is 1. The molecule has 2 rings (SSSR count). The van der Waals surface area contributed by atoms with Gasteiger partial charge in [-0.15, -0.1) is 0 Å². The zero-order valence-electron chi connectivity index (χ0n) is 11.0. The Morgan fingerprint density at radius 1 is 1.20 bits per heavy atom. The lowest BCUT2D eigenvalue weighted by Crippen LogP contribution is -2.22. The summed E-state index contributed by atoms with van der Waals surface area (Å²) in [6.45, 7) is 1.64. The second-order valence-corrected chi connectivity index (χ2v) is 6.56. The molecule has 0 aliphatic carbocycles. The molecule has 0 bridgehead atoms. The largest absolute Gasteiger partial charge is 0.309 e. The first-order valence-electron chi connectivity index (χ1n) is 6.02. The van der Waals surface area contributed by atoms with Crippen LogP contribution in [-0.2, 0) is 0 Å². The highest BCUT2D eigenvalue weighted by Gasteiger charge is 2.23. The van der Waals surface area contributed by atoms with Crippen molar-refractivity contribution >= 4 is 38.5 Å². The summed E-state index contributed by atoms with van der Waals surface area (Å²) in [5, 5.41) is 3.01. The van der Waals surface area contributed by atoms with E-state index in [2.05, 4.69) is 43.8 Å². The average Bonchev–Trinajstić information content (AvgIpc) is 2.42. The molecule has 1 N–H and O–H groups in total. The minimum absolute atomic E-state index is 0.0588. The summed E-state index contributed by atoms with van der Waals surface area (Å²) in [5.74, 6) is -1.04. The van der Waals surface area contributed by atoms with Crippen LogP contribution in [-0.4, -0.2) is 7.05 Å². The van der Waals surface area contributed by atoms with Gasteiger partial charge in [0.1, 0.15) is 11.6 Å². The lowest BCUT2D eigenvalue weighted by Gasteiger charge is -2.21. The number of benzene rings is 2. The molecule has 1 nitrogen and oxygen atoms in total. The van der Waals surface area contributed by atoms with Crippen LogP contribution < -0.4 is 5.32 Å². The number of hydrogen-bond donors (Lipinski definition) is 1. The molecule has 0 saturated carbocycles. The zero-order valence-corrected chi connectivity index (χ0v) is 14.7. The molecule has 20 heavy (non-hydrogen) atoms. The van der Waals surface area contributed by atoms with Gasteiger partial charge in [-0.3, -0.25) is 0 Å². The van der Waals surface area contributed by atoms with Crippen LogP contribution in [0.1, 0.15) is 22.7 Å². The highest BCUT2D eigenvalue weighted by molar-refractivity contribution is 14.1. The van der Waals surface area contributed by atoms with Gasteiger partial charge in [0.25, 0.3) is 0 Å². The van der Waals surface area contributed by atoms with E-state index >= 15 is 0 Å². The summed E-state index contributed by atoms with van der Waals surface area (Å²) in [6, 6.07) is 7.93. The maximum absolute atomic E-state index is 14.3. The Kier molecular flexibility index (Phi) is 5.14. The first kappa shape index (κ1) is 15.9. The van der Waals surface area contributed by atoms with E-state index in [0.717, 1.165) is 13.6 Å². The Morgan fingerprint density at radius 3 is 2.55 bits per heavy atom. The fourth-order valence-electron chi connectivity index (χ4n) is 2.13. The summed E-state index contributed by atoms with van der Waals surface area (Å²) >= 11 is 5.57. The van der Waals surface area contributed by atoms with Crippen molar-refractivity contribution in [2.45, 2.75) is 13.0 Å². The minimum Gasteiger partial charge on any atom is -0.309 e. The molecule has 0 aromatic heterocycles. The third kappa shape index (κ3) is 3.04. The molecular formula is C15H13BrF2IN. The van der Waals surface area contributed by atoms with Crippen LogP contribution in [0.4, 0.5) is 8.78 Å². The summed E-state index contributed by atoms with van der Waals surface area (Å²) in [5.41, 5.74) is 1.33. The second-order valence-electron chi connectivity index (χ2n) is 4.48. The molecule has 0 saturated heterocycles. The van der Waals surface area contributed by atoms with Crippen molar-refractivity contribution in [1.29, 1.82) is 0 Å². The molecule has 0 amide bonds. The first-order chi connectivity index (χ1) is 9.45. The molecule has 0 radical (unpaired) electrons. The molecule has 0 fully saturated rings. The molecule has 0 aliphatic rings. The highest BCUT2D eigenvalue weighted by Crippen LogP contribution is 2.32. The van der Waals surface area contributed by atoms with Gasteiger partial charge in [0, 0.05) is 13.6 Å². The normalized spacial score (nSPS) is 12.5. The predicted molar refractivity (Wildman–Crippen MR) is 88.9 cm³/mol. The molecule has 1 atom stereocenters. The summed E-state index contributed by atoms with van der Waals surface area (Å²) in [4.78, 5) is 0. The molecule has 5 heteroatoms. The van der Waals surface area contributed by atoms with E-state index in [1.54, 1.807) is 14.0 Å². The molecule has 0 aliphatic heterocycles. The van der Waals surface area contributed by atoms with E-state index in [1.165, 1.54) is 12.1 Å². The van der Waals surface area contributed by atoms with E-state index in [9.17, 15) is 8.78 Å². The van der Waals surface area contributed by atoms with Crippen LogP contribution in [0.5, 0.6) is 0 Å². The highest BCUT2D eigenvalue weighted by atomic mass is 127. The maximum Gasteiger partial charge on any atom is 0.134 e. The van der Waals surface area contributed by atoms with Gasteiger partial charge < -0.3 is 5.32 Å². The Hall–Kier alpha value is -0.530. The smallest absolute Gasteiger partial charge is 0.134 e. The Balaban J connectivity index is 2.64. The molecule has 0 heterocycles. The van der Waals surface area contributed by atoms with Crippen molar-refractivity contribution in [3.8, 4) is 0 Å². The number of aryl methyl sites for hydroxylation is 1.